The zero-order valence-corrected chi connectivity index (χ0v) is 19.2. The first-order valence-corrected chi connectivity index (χ1v) is 12.1. The summed E-state index contributed by atoms with van der Waals surface area (Å²) in [6.45, 7) is 1.43. The number of nitrogens with one attached hydrogen (secondary N) is 1. The number of aromatic nitrogens is 4. The Hall–Kier alpha value is -2.77. The molecule has 2 aliphatic rings. The number of likely N-dealkylation sites (tertiary alicyclic amines) is 1. The summed E-state index contributed by atoms with van der Waals surface area (Å²) in [5.74, 6) is 0.421. The molecule has 1 aromatic carbocycles. The van der Waals surface area contributed by atoms with E-state index in [0.29, 0.717) is 24.5 Å². The lowest BCUT2D eigenvalue weighted by atomic mass is 9.84. The van der Waals surface area contributed by atoms with E-state index in [1.807, 2.05) is 35.2 Å². The summed E-state index contributed by atoms with van der Waals surface area (Å²) in [7, 11) is 0. The van der Waals surface area contributed by atoms with Gasteiger partial charge in [0.15, 0.2) is 0 Å². The van der Waals surface area contributed by atoms with Gasteiger partial charge in [-0.1, -0.05) is 30.2 Å². The number of aromatic amines is 1. The second kappa shape index (κ2) is 9.61. The number of aliphatic hydroxyl groups excluding tert-OH is 1. The van der Waals surface area contributed by atoms with Crippen LogP contribution in [0.5, 0.6) is 0 Å². The molecule has 2 N–H and O–H groups in total. The highest BCUT2D eigenvalue weighted by Gasteiger charge is 2.33. The number of nitrogens with zero attached hydrogens (tertiary/aromatic N) is 4. The van der Waals surface area contributed by atoms with E-state index in [1.165, 1.54) is 0 Å². The van der Waals surface area contributed by atoms with Crippen molar-refractivity contribution >= 4 is 17.5 Å². The van der Waals surface area contributed by atoms with Crippen LogP contribution >= 0.6 is 11.6 Å². The van der Waals surface area contributed by atoms with Gasteiger partial charge in [0.05, 0.1) is 11.8 Å². The summed E-state index contributed by atoms with van der Waals surface area (Å²) >= 11 is 6.09. The maximum Gasteiger partial charge on any atom is 0.225 e. The quantitative estimate of drug-likeness (QED) is 0.593. The van der Waals surface area contributed by atoms with E-state index in [1.54, 1.807) is 12.5 Å². The van der Waals surface area contributed by atoms with E-state index in [-0.39, 0.29) is 23.8 Å². The van der Waals surface area contributed by atoms with Crippen molar-refractivity contribution in [3.05, 3.63) is 53.6 Å². The zero-order chi connectivity index (χ0) is 22.8. The summed E-state index contributed by atoms with van der Waals surface area (Å²) in [6.07, 6.45) is 7.91. The molecule has 0 spiro atoms. The van der Waals surface area contributed by atoms with Crippen LogP contribution in [0.4, 0.5) is 0 Å². The van der Waals surface area contributed by atoms with Crippen LogP contribution in [0.25, 0.3) is 22.5 Å². The smallest absolute Gasteiger partial charge is 0.225 e. The summed E-state index contributed by atoms with van der Waals surface area (Å²) in [5, 5.41) is 18.6. The van der Waals surface area contributed by atoms with E-state index < -0.39 is 0 Å². The maximum absolute atomic E-state index is 13.0. The molecule has 3 aromatic rings. The lowest BCUT2D eigenvalue weighted by Crippen LogP contribution is -2.43. The van der Waals surface area contributed by atoms with Gasteiger partial charge in [0.2, 0.25) is 5.91 Å². The lowest BCUT2D eigenvalue weighted by Gasteiger charge is -2.36. The van der Waals surface area contributed by atoms with Gasteiger partial charge in [0, 0.05) is 53.0 Å². The van der Waals surface area contributed by atoms with Crippen LogP contribution in [0.3, 0.4) is 0 Å². The summed E-state index contributed by atoms with van der Waals surface area (Å²) < 4.78 is 0. The molecule has 5 rings (SSSR count). The van der Waals surface area contributed by atoms with E-state index in [4.69, 9.17) is 11.6 Å². The van der Waals surface area contributed by atoms with E-state index >= 15 is 0 Å². The first-order chi connectivity index (χ1) is 16.1. The largest absolute Gasteiger partial charge is 0.393 e. The van der Waals surface area contributed by atoms with Gasteiger partial charge in [-0.15, -0.1) is 0 Å². The number of carbonyl (C=O) groups is 1. The van der Waals surface area contributed by atoms with Crippen molar-refractivity contribution in [3.63, 3.8) is 0 Å². The molecule has 2 fully saturated rings. The Balaban J connectivity index is 1.38. The molecule has 1 amide bonds. The number of rotatable bonds is 4. The Bertz CT molecular complexity index is 1090. The van der Waals surface area contributed by atoms with Crippen molar-refractivity contribution in [2.45, 2.75) is 50.5 Å². The highest BCUT2D eigenvalue weighted by Crippen LogP contribution is 2.39. The van der Waals surface area contributed by atoms with Gasteiger partial charge in [-0.25, -0.2) is 9.97 Å². The van der Waals surface area contributed by atoms with Gasteiger partial charge in [-0.2, -0.15) is 5.10 Å². The van der Waals surface area contributed by atoms with Crippen LogP contribution in [0.1, 0.15) is 50.1 Å². The summed E-state index contributed by atoms with van der Waals surface area (Å²) in [4.78, 5) is 23.6. The Labute approximate surface area is 198 Å². The zero-order valence-electron chi connectivity index (χ0n) is 18.5. The molecular formula is C25H28ClN5O2. The van der Waals surface area contributed by atoms with Crippen molar-refractivity contribution in [2.24, 2.45) is 5.92 Å². The van der Waals surface area contributed by atoms with Crippen LogP contribution in [-0.4, -0.2) is 55.3 Å². The second-order valence-electron chi connectivity index (χ2n) is 9.08. The van der Waals surface area contributed by atoms with Crippen molar-refractivity contribution in [2.75, 3.05) is 13.1 Å². The number of halogens is 1. The van der Waals surface area contributed by atoms with Crippen molar-refractivity contribution < 1.29 is 9.90 Å². The fraction of sp³-hybridized carbons (Fsp3) is 0.440. The Morgan fingerprint density at radius 1 is 1.09 bits per heavy atom. The van der Waals surface area contributed by atoms with Gasteiger partial charge in [0.25, 0.3) is 0 Å². The average Bonchev–Trinajstić information content (AvgIpc) is 3.30. The third-order valence-electron chi connectivity index (χ3n) is 6.96. The van der Waals surface area contributed by atoms with Crippen molar-refractivity contribution in [1.82, 2.24) is 25.1 Å². The number of piperidine rings is 1. The molecule has 1 saturated heterocycles. The monoisotopic (exact) mass is 465 g/mol. The van der Waals surface area contributed by atoms with E-state index in [0.717, 1.165) is 60.3 Å². The fourth-order valence-corrected chi connectivity index (χ4v) is 5.33. The van der Waals surface area contributed by atoms with Gasteiger partial charge in [0.1, 0.15) is 12.0 Å². The van der Waals surface area contributed by atoms with Crippen LogP contribution in [0, 0.1) is 5.92 Å². The molecule has 1 saturated carbocycles. The minimum absolute atomic E-state index is 0.0365. The molecule has 2 atom stereocenters. The first-order valence-electron chi connectivity index (χ1n) is 11.7. The standard InChI is InChI=1S/C25H28ClN5O2/c26-19-6-4-16(5-7-19)23-22(21-8-11-27-15-28-21)24(30-29-23)17-9-12-31(13-10-17)25(33)18-2-1-3-20(32)14-18/h4-8,11,15,17-18,20,32H,1-3,9-10,12-14H2,(H,29,30). The molecule has 3 heterocycles. The average molecular weight is 466 g/mol. The highest BCUT2D eigenvalue weighted by atomic mass is 35.5. The van der Waals surface area contributed by atoms with E-state index in [9.17, 15) is 9.90 Å². The minimum Gasteiger partial charge on any atom is -0.393 e. The third kappa shape index (κ3) is 4.66. The Morgan fingerprint density at radius 2 is 1.88 bits per heavy atom. The Kier molecular flexibility index (Phi) is 6.42. The molecule has 33 heavy (non-hydrogen) atoms. The number of H-pyrrole nitrogens is 1. The van der Waals surface area contributed by atoms with Crippen LogP contribution < -0.4 is 0 Å². The van der Waals surface area contributed by atoms with Crippen molar-refractivity contribution in [3.8, 4) is 22.5 Å². The van der Waals surface area contributed by atoms with Gasteiger partial charge in [-0.3, -0.25) is 9.89 Å². The van der Waals surface area contributed by atoms with Crippen molar-refractivity contribution in [1.29, 1.82) is 0 Å². The van der Waals surface area contributed by atoms with Crippen LogP contribution in [0.15, 0.2) is 42.9 Å². The molecule has 0 radical (unpaired) electrons. The topological polar surface area (TPSA) is 95.0 Å². The number of hydrogen-bond donors (Lipinski definition) is 2. The number of carbonyl (C=O) groups excluding carboxylic acids is 1. The number of aliphatic hydroxyl groups is 1. The van der Waals surface area contributed by atoms with Crippen LogP contribution in [0.2, 0.25) is 5.02 Å². The minimum atomic E-state index is -0.336. The maximum atomic E-state index is 13.0. The Morgan fingerprint density at radius 3 is 2.58 bits per heavy atom. The number of benzene rings is 1. The van der Waals surface area contributed by atoms with Gasteiger partial charge in [-0.05, 0) is 50.3 Å². The van der Waals surface area contributed by atoms with Gasteiger partial charge >= 0.3 is 0 Å². The van der Waals surface area contributed by atoms with E-state index in [2.05, 4.69) is 20.2 Å². The normalized spacial score (nSPS) is 21.8. The highest BCUT2D eigenvalue weighted by molar-refractivity contribution is 6.30. The lowest BCUT2D eigenvalue weighted by molar-refractivity contribution is -0.139. The van der Waals surface area contributed by atoms with Crippen LogP contribution in [-0.2, 0) is 4.79 Å². The predicted molar refractivity (Wildman–Crippen MR) is 127 cm³/mol. The molecular weight excluding hydrogens is 438 g/mol. The molecule has 2 unspecified atom stereocenters. The molecule has 2 aromatic heterocycles. The molecule has 1 aliphatic heterocycles. The number of hydrogen-bond acceptors (Lipinski definition) is 5. The first kappa shape index (κ1) is 22.0. The number of amides is 1. The summed E-state index contributed by atoms with van der Waals surface area (Å²) in [5.41, 5.74) is 4.68. The SMILES string of the molecule is O=C(C1CCCC(O)C1)N1CCC(c2[nH]nc(-c3ccc(Cl)cc3)c2-c2ccncn2)CC1. The second-order valence-corrected chi connectivity index (χ2v) is 9.52. The molecule has 8 heteroatoms. The molecule has 7 nitrogen and oxygen atoms in total. The molecule has 1 aliphatic carbocycles. The van der Waals surface area contributed by atoms with Gasteiger partial charge < -0.3 is 10.0 Å². The fourth-order valence-electron chi connectivity index (χ4n) is 5.20. The molecule has 172 valence electrons. The summed E-state index contributed by atoms with van der Waals surface area (Å²) in [6, 6.07) is 9.56. The predicted octanol–water partition coefficient (Wildman–Crippen LogP) is 4.44. The third-order valence-corrected chi connectivity index (χ3v) is 7.21. The molecule has 0 bridgehead atoms.